The number of ketones is 1. The van der Waals surface area contributed by atoms with E-state index in [-0.39, 0.29) is 100 Å². The summed E-state index contributed by atoms with van der Waals surface area (Å²) >= 11 is 0. The molecule has 0 atom stereocenters. The molecule has 1 aliphatic rings. The second-order valence-corrected chi connectivity index (χ2v) is 15.8. The van der Waals surface area contributed by atoms with Gasteiger partial charge in [0.05, 0.1) is 48.7 Å². The molecule has 7 N–H and O–H groups in total. The van der Waals surface area contributed by atoms with Crippen LogP contribution in [-0.2, 0) is 30.4 Å². The number of anilines is 4. The number of fused-ring (bicyclic) bond motifs is 1. The molecular formula is C34H24N9Na3O10S3. The van der Waals surface area contributed by atoms with Gasteiger partial charge in [0.25, 0.3) is 0 Å². The number of hydrazone groups is 1. The number of Topliss-reactive ketones (excluding diaryl/α,β-unsaturated/α-hetero) is 1. The minimum absolute atomic E-state index is 0. The Labute approximate surface area is 403 Å². The first kappa shape index (κ1) is 49.7. The van der Waals surface area contributed by atoms with Gasteiger partial charge in [-0.15, -0.1) is 10.2 Å². The Morgan fingerprint density at radius 1 is 0.593 bits per heavy atom. The summed E-state index contributed by atoms with van der Waals surface area (Å²) in [6.45, 7) is 0. The van der Waals surface area contributed by atoms with Gasteiger partial charge in [-0.1, -0.05) is 24.3 Å². The first-order valence-electron chi connectivity index (χ1n) is 15.5. The molecule has 0 radical (unpaired) electrons. The number of allylic oxidation sites excluding steroid dienone is 1. The normalized spacial score (nSPS) is 13.6. The fraction of sp³-hybridized carbons (Fsp3) is 0. The summed E-state index contributed by atoms with van der Waals surface area (Å²) in [5.41, 5.74) is 20.1. The van der Waals surface area contributed by atoms with E-state index in [9.17, 15) is 43.7 Å². The summed E-state index contributed by atoms with van der Waals surface area (Å²) in [7, 11) is -15.7. The largest absolute Gasteiger partial charge is 1.00 e. The average Bonchev–Trinajstić information content (AvgIpc) is 3.13. The van der Waals surface area contributed by atoms with Gasteiger partial charge in [-0.3, -0.25) is 10.2 Å². The molecule has 0 amide bonds. The number of nitrogens with two attached hydrogens (primary N) is 3. The number of carbonyl (C=O) groups is 1. The van der Waals surface area contributed by atoms with Crippen LogP contribution in [-0.4, -0.2) is 50.4 Å². The van der Waals surface area contributed by atoms with E-state index in [4.69, 9.17) is 17.2 Å². The molecule has 0 saturated heterocycles. The van der Waals surface area contributed by atoms with Gasteiger partial charge < -0.3 is 30.9 Å². The summed E-state index contributed by atoms with van der Waals surface area (Å²) in [6.07, 6.45) is 0.614. The van der Waals surface area contributed by atoms with Crippen molar-refractivity contribution in [2.45, 2.75) is 9.79 Å². The predicted molar refractivity (Wildman–Crippen MR) is 202 cm³/mol. The van der Waals surface area contributed by atoms with Crippen molar-refractivity contribution in [2.24, 2.45) is 25.6 Å². The zero-order valence-corrected chi connectivity index (χ0v) is 39.5. The summed E-state index contributed by atoms with van der Waals surface area (Å²) in [5.74, 6) is -1.28. The van der Waals surface area contributed by atoms with Crippen molar-refractivity contribution >= 4 is 93.4 Å². The number of nitrogens with zero attached hydrogens (tertiary/aromatic N) is 5. The molecule has 0 spiro atoms. The Morgan fingerprint density at radius 2 is 1.14 bits per heavy atom. The average molecular weight is 884 g/mol. The third kappa shape index (κ3) is 11.8. The van der Waals surface area contributed by atoms with E-state index >= 15 is 0 Å². The first-order valence-corrected chi connectivity index (χ1v) is 19.8. The number of azo groups is 2. The van der Waals surface area contributed by atoms with E-state index in [0.717, 1.165) is 35.4 Å². The molecule has 0 heterocycles. The van der Waals surface area contributed by atoms with Gasteiger partial charge in [0.1, 0.15) is 47.4 Å². The van der Waals surface area contributed by atoms with Crippen LogP contribution in [0.25, 0.3) is 17.2 Å². The summed E-state index contributed by atoms with van der Waals surface area (Å²) in [6, 6.07) is 22.9. The van der Waals surface area contributed by atoms with Crippen molar-refractivity contribution in [1.29, 1.82) is 0 Å². The Morgan fingerprint density at radius 3 is 1.63 bits per heavy atom. The third-order valence-corrected chi connectivity index (χ3v) is 10.5. The smallest absolute Gasteiger partial charge is 0.744 e. The topological polar surface area (TPSA) is 341 Å². The number of nitrogens with one attached hydrogen (secondary N) is 1. The van der Waals surface area contributed by atoms with Crippen LogP contribution in [0.1, 0.15) is 15.9 Å². The van der Waals surface area contributed by atoms with Crippen molar-refractivity contribution in [3.8, 4) is 11.1 Å². The molecule has 19 nitrogen and oxygen atoms in total. The van der Waals surface area contributed by atoms with Gasteiger partial charge in [0, 0.05) is 5.69 Å². The molecule has 6 rings (SSSR count). The molecule has 59 heavy (non-hydrogen) atoms. The van der Waals surface area contributed by atoms with Crippen molar-refractivity contribution in [3.63, 3.8) is 0 Å². The van der Waals surface area contributed by atoms with Crippen molar-refractivity contribution in [2.75, 3.05) is 22.6 Å². The fourth-order valence-electron chi connectivity index (χ4n) is 5.23. The molecule has 5 aromatic carbocycles. The zero-order chi connectivity index (χ0) is 40.6. The standard InChI is InChI=1S/C34H27N9O10S3.3Na/c35-21-5-14-27(26(36)17-21)41-38-22-6-1-18(2-7-22)19-3-8-23(9-4-19)39-42-32-28(55(48,49)50)15-20-16-29(56(51,52)53)33(34(44)30(20)31(32)37)43-40-24-10-12-25(13-11-24)54(45,46)47;;;/h1-17,40H,35-37H2,(H,45,46,47)(H,48,49,50)(H,51,52,53);;;/q;3*+1/p-3. The minimum Gasteiger partial charge on any atom is -0.744 e. The summed E-state index contributed by atoms with van der Waals surface area (Å²) in [4.78, 5) is 10.8. The van der Waals surface area contributed by atoms with Gasteiger partial charge in [0.2, 0.25) is 5.78 Å². The Kier molecular flexibility index (Phi) is 16.7. The van der Waals surface area contributed by atoms with Crippen molar-refractivity contribution < 1.29 is 132 Å². The second kappa shape index (κ2) is 19.8. The van der Waals surface area contributed by atoms with Crippen LogP contribution in [0.15, 0.2) is 137 Å². The number of hydrogen-bond acceptors (Lipinski definition) is 19. The van der Waals surface area contributed by atoms with Crippen molar-refractivity contribution in [3.05, 3.63) is 113 Å². The van der Waals surface area contributed by atoms with E-state index in [2.05, 4.69) is 31.0 Å². The first-order chi connectivity index (χ1) is 26.3. The molecule has 1 aliphatic carbocycles. The maximum atomic E-state index is 13.7. The van der Waals surface area contributed by atoms with Crippen LogP contribution in [0.5, 0.6) is 0 Å². The Bertz CT molecular complexity index is 2900. The molecule has 0 fully saturated rings. The van der Waals surface area contributed by atoms with Gasteiger partial charge in [0.15, 0.2) is 0 Å². The molecule has 0 aliphatic heterocycles. The van der Waals surface area contributed by atoms with Crippen LogP contribution in [0.2, 0.25) is 0 Å². The number of carbonyl (C=O) groups excluding carboxylic acids is 1. The van der Waals surface area contributed by atoms with E-state index in [1.165, 1.54) is 12.1 Å². The van der Waals surface area contributed by atoms with E-state index < -0.39 is 79.0 Å². The molecule has 0 saturated carbocycles. The number of rotatable bonds is 10. The predicted octanol–water partition coefficient (Wildman–Crippen LogP) is -3.70. The fourth-order valence-corrected chi connectivity index (χ4v) is 7.00. The zero-order valence-electron chi connectivity index (χ0n) is 31.1. The Hall–Kier alpha value is -3.69. The summed E-state index contributed by atoms with van der Waals surface area (Å²) < 4.78 is 107. The minimum atomic E-state index is -5.47. The van der Waals surface area contributed by atoms with Crippen LogP contribution in [0.4, 0.5) is 45.5 Å². The Balaban J connectivity index is 0.00000310. The number of nitrogen functional groups attached to an aromatic ring is 3. The number of benzene rings is 5. The van der Waals surface area contributed by atoms with Crippen LogP contribution < -0.4 is 111 Å². The van der Waals surface area contributed by atoms with E-state index in [1.54, 1.807) is 54.6 Å². The molecule has 0 unspecified atom stereocenters. The number of hydrogen-bond donors (Lipinski definition) is 4. The van der Waals surface area contributed by atoms with E-state index in [0.29, 0.717) is 34.9 Å². The molecular weight excluding hydrogens is 860 g/mol. The molecule has 5 aromatic rings. The van der Waals surface area contributed by atoms with Gasteiger partial charge >= 0.3 is 88.7 Å². The molecule has 25 heteroatoms. The quantitative estimate of drug-likeness (QED) is 0.0345. The maximum absolute atomic E-state index is 13.7. The molecule has 286 valence electrons. The van der Waals surface area contributed by atoms with Gasteiger partial charge in [-0.05, 0) is 95.6 Å². The SMILES string of the molecule is Nc1ccc(N=Nc2ccc(-c3ccc(N=Nc4c(S(=O)(=O)[O-])cc5c(c4N)C(=O)C(=NNc4ccc(S(=O)(=O)[O-])cc4)C(S(=O)(=O)[O-])=C5)cc3)cc2)c(N)c1.[Na+].[Na+].[Na+]. The molecule has 0 aromatic heterocycles. The van der Waals surface area contributed by atoms with Crippen LogP contribution in [0.3, 0.4) is 0 Å². The third-order valence-electron chi connectivity index (χ3n) is 7.93. The second-order valence-electron chi connectivity index (χ2n) is 11.7. The van der Waals surface area contributed by atoms with E-state index in [1.807, 2.05) is 0 Å². The molecule has 0 bridgehead atoms. The van der Waals surface area contributed by atoms with Gasteiger partial charge in [-0.2, -0.15) is 15.3 Å². The van der Waals surface area contributed by atoms with Crippen LogP contribution >= 0.6 is 0 Å². The van der Waals surface area contributed by atoms with Crippen molar-refractivity contribution in [1.82, 2.24) is 0 Å². The van der Waals surface area contributed by atoms with Crippen LogP contribution in [0, 0.1) is 0 Å². The maximum Gasteiger partial charge on any atom is 1.00 e. The monoisotopic (exact) mass is 883 g/mol. The van der Waals surface area contributed by atoms with Gasteiger partial charge in [-0.25, -0.2) is 25.3 Å². The summed E-state index contributed by atoms with van der Waals surface area (Å²) in [5, 5.41) is 19.9.